The Kier molecular flexibility index (Phi) is 5.56. The van der Waals surface area contributed by atoms with Crippen LogP contribution in [0.15, 0.2) is 24.7 Å². The molecule has 3 heterocycles. The first-order chi connectivity index (χ1) is 11.9. The minimum Gasteiger partial charge on any atom is -0.340 e. The lowest BCUT2D eigenvalue weighted by atomic mass is 10.2. The Bertz CT molecular complexity index is 856. The summed E-state index contributed by atoms with van der Waals surface area (Å²) in [5, 5.41) is 3.69. The number of nitrogens with zero attached hydrogens (tertiary/aromatic N) is 4. The van der Waals surface area contributed by atoms with Crippen molar-refractivity contribution in [1.82, 2.24) is 19.3 Å². The number of carbonyl (C=O) groups excluding carboxylic acids is 1. The fourth-order valence-electron chi connectivity index (χ4n) is 2.55. The number of aryl methyl sites for hydroxylation is 2. The average Bonchev–Trinajstić information content (AvgIpc) is 3.21. The van der Waals surface area contributed by atoms with Gasteiger partial charge in [-0.3, -0.25) is 4.79 Å². The van der Waals surface area contributed by atoms with Gasteiger partial charge in [0.2, 0.25) is 11.8 Å². The van der Waals surface area contributed by atoms with Crippen LogP contribution in [0, 0.1) is 6.92 Å². The third-order valence-electron chi connectivity index (χ3n) is 3.86. The number of halogens is 1. The van der Waals surface area contributed by atoms with Gasteiger partial charge in [-0.1, -0.05) is 5.16 Å². The van der Waals surface area contributed by atoms with Crippen LogP contribution in [0.25, 0.3) is 0 Å². The van der Waals surface area contributed by atoms with E-state index in [0.29, 0.717) is 48.5 Å². The van der Waals surface area contributed by atoms with E-state index in [2.05, 4.69) is 26.1 Å². The predicted molar refractivity (Wildman–Crippen MR) is 94.7 cm³/mol. The fraction of sp³-hybridized carbons (Fsp3) is 0.500. The summed E-state index contributed by atoms with van der Waals surface area (Å²) in [6.07, 6.45) is 0.660. The van der Waals surface area contributed by atoms with Crippen LogP contribution in [0.1, 0.15) is 18.1 Å². The molecule has 1 amide bonds. The molecule has 0 bridgehead atoms. The molecule has 2 aromatic rings. The number of aromatic nitrogens is 2. The summed E-state index contributed by atoms with van der Waals surface area (Å²) in [5.41, 5.74) is 0. The number of carbonyl (C=O) groups is 1. The smallest absolute Gasteiger partial charge is 0.252 e. The number of piperazine rings is 1. The van der Waals surface area contributed by atoms with Gasteiger partial charge in [0, 0.05) is 39.0 Å². The van der Waals surface area contributed by atoms with Gasteiger partial charge in [0.05, 0.1) is 3.79 Å². The van der Waals surface area contributed by atoms with E-state index in [0.717, 1.165) is 3.79 Å². The van der Waals surface area contributed by atoms with Crippen molar-refractivity contribution in [2.45, 2.75) is 24.0 Å². The molecule has 11 heteroatoms. The molecule has 0 aromatic carbocycles. The maximum absolute atomic E-state index is 12.6. The third-order valence-corrected chi connectivity index (χ3v) is 7.85. The molecule has 0 unspecified atom stereocenters. The SMILES string of the molecule is Cc1noc(CCC(=O)N2CCN(S(=O)(=O)c3ccc(Br)s3)CC2)n1. The molecular formula is C14H17BrN4O4S2. The van der Waals surface area contributed by atoms with Crippen LogP contribution in [-0.2, 0) is 21.2 Å². The number of rotatable bonds is 5. The molecule has 1 aliphatic rings. The molecule has 0 aliphatic carbocycles. The monoisotopic (exact) mass is 448 g/mol. The molecule has 0 spiro atoms. The highest BCUT2D eigenvalue weighted by atomic mass is 79.9. The normalized spacial score (nSPS) is 16.3. The quantitative estimate of drug-likeness (QED) is 0.689. The molecule has 136 valence electrons. The van der Waals surface area contributed by atoms with E-state index in [1.807, 2.05) is 0 Å². The Balaban J connectivity index is 1.53. The van der Waals surface area contributed by atoms with Gasteiger partial charge in [-0.05, 0) is 35.0 Å². The molecule has 1 saturated heterocycles. The van der Waals surface area contributed by atoms with Gasteiger partial charge < -0.3 is 9.42 Å². The lowest BCUT2D eigenvalue weighted by Gasteiger charge is -2.33. The van der Waals surface area contributed by atoms with Crippen LogP contribution < -0.4 is 0 Å². The molecule has 3 rings (SSSR count). The average molecular weight is 449 g/mol. The first kappa shape index (κ1) is 18.5. The van der Waals surface area contributed by atoms with Crippen LogP contribution in [0.5, 0.6) is 0 Å². The first-order valence-corrected chi connectivity index (χ1v) is 10.7. The van der Waals surface area contributed by atoms with Gasteiger partial charge in [-0.25, -0.2) is 8.42 Å². The Morgan fingerprint density at radius 2 is 2.04 bits per heavy atom. The number of hydrogen-bond acceptors (Lipinski definition) is 7. The van der Waals surface area contributed by atoms with Crippen LogP contribution in [-0.4, -0.2) is 59.8 Å². The molecule has 0 saturated carbocycles. The lowest BCUT2D eigenvalue weighted by Crippen LogP contribution is -2.50. The summed E-state index contributed by atoms with van der Waals surface area (Å²) in [4.78, 5) is 18.0. The van der Waals surface area contributed by atoms with Crippen molar-refractivity contribution >= 4 is 43.2 Å². The van der Waals surface area contributed by atoms with Crippen LogP contribution in [0.3, 0.4) is 0 Å². The Labute approximate surface area is 158 Å². The van der Waals surface area contributed by atoms with Crippen molar-refractivity contribution in [3.05, 3.63) is 27.6 Å². The predicted octanol–water partition coefficient (Wildman–Crippen LogP) is 1.67. The standard InChI is InChI=1S/C14H17BrN4O4S2/c1-10-16-12(23-17-10)3-4-13(20)18-6-8-19(9-7-18)25(21,22)14-5-2-11(15)24-14/h2,5H,3-4,6-9H2,1H3. The molecule has 8 nitrogen and oxygen atoms in total. The summed E-state index contributed by atoms with van der Waals surface area (Å²) in [6, 6.07) is 3.31. The summed E-state index contributed by atoms with van der Waals surface area (Å²) >= 11 is 4.47. The zero-order chi connectivity index (χ0) is 18.0. The van der Waals surface area contributed by atoms with Gasteiger partial charge in [-0.2, -0.15) is 9.29 Å². The van der Waals surface area contributed by atoms with E-state index in [9.17, 15) is 13.2 Å². The van der Waals surface area contributed by atoms with Crippen molar-refractivity contribution in [2.75, 3.05) is 26.2 Å². The minimum atomic E-state index is -3.49. The van der Waals surface area contributed by atoms with Crippen molar-refractivity contribution in [3.63, 3.8) is 0 Å². The summed E-state index contributed by atoms with van der Waals surface area (Å²) in [7, 11) is -3.49. The Morgan fingerprint density at radius 1 is 1.32 bits per heavy atom. The maximum atomic E-state index is 12.6. The maximum Gasteiger partial charge on any atom is 0.252 e. The summed E-state index contributed by atoms with van der Waals surface area (Å²) < 4.78 is 32.7. The molecular weight excluding hydrogens is 432 g/mol. The highest BCUT2D eigenvalue weighted by Crippen LogP contribution is 2.29. The van der Waals surface area contributed by atoms with Crippen molar-refractivity contribution in [1.29, 1.82) is 0 Å². The second-order valence-electron chi connectivity index (χ2n) is 5.58. The van der Waals surface area contributed by atoms with E-state index in [1.54, 1.807) is 24.0 Å². The Morgan fingerprint density at radius 3 is 2.60 bits per heavy atom. The zero-order valence-electron chi connectivity index (χ0n) is 13.5. The van der Waals surface area contributed by atoms with Crippen molar-refractivity contribution < 1.29 is 17.7 Å². The zero-order valence-corrected chi connectivity index (χ0v) is 16.7. The fourth-order valence-corrected chi connectivity index (χ4v) is 6.14. The van der Waals surface area contributed by atoms with Gasteiger partial charge in [0.25, 0.3) is 10.0 Å². The van der Waals surface area contributed by atoms with E-state index >= 15 is 0 Å². The van der Waals surface area contributed by atoms with E-state index in [1.165, 1.54) is 15.6 Å². The van der Waals surface area contributed by atoms with E-state index in [4.69, 9.17) is 4.52 Å². The lowest BCUT2D eigenvalue weighted by molar-refractivity contribution is -0.132. The summed E-state index contributed by atoms with van der Waals surface area (Å²) in [5.74, 6) is 0.948. The second-order valence-corrected chi connectivity index (χ2v) is 10.2. The van der Waals surface area contributed by atoms with Gasteiger partial charge in [0.1, 0.15) is 4.21 Å². The van der Waals surface area contributed by atoms with E-state index < -0.39 is 10.0 Å². The van der Waals surface area contributed by atoms with Gasteiger partial charge in [-0.15, -0.1) is 11.3 Å². The summed E-state index contributed by atoms with van der Waals surface area (Å²) in [6.45, 7) is 3.08. The van der Waals surface area contributed by atoms with Crippen molar-refractivity contribution in [3.8, 4) is 0 Å². The second kappa shape index (κ2) is 7.52. The molecule has 25 heavy (non-hydrogen) atoms. The van der Waals surface area contributed by atoms with Crippen LogP contribution in [0.2, 0.25) is 0 Å². The number of thiophene rings is 1. The van der Waals surface area contributed by atoms with Gasteiger partial charge in [0.15, 0.2) is 5.82 Å². The van der Waals surface area contributed by atoms with Crippen molar-refractivity contribution in [2.24, 2.45) is 0 Å². The molecule has 0 N–H and O–H groups in total. The largest absolute Gasteiger partial charge is 0.340 e. The van der Waals surface area contributed by atoms with Gasteiger partial charge >= 0.3 is 0 Å². The number of amides is 1. The minimum absolute atomic E-state index is 0.0354. The molecule has 1 fully saturated rings. The third kappa shape index (κ3) is 4.27. The molecule has 1 aliphatic heterocycles. The topological polar surface area (TPSA) is 96.6 Å². The molecule has 0 radical (unpaired) electrons. The molecule has 0 atom stereocenters. The molecule has 2 aromatic heterocycles. The highest BCUT2D eigenvalue weighted by Gasteiger charge is 2.31. The number of sulfonamides is 1. The van der Waals surface area contributed by atoms with E-state index in [-0.39, 0.29) is 12.3 Å². The Hall–Kier alpha value is -1.30. The number of hydrogen-bond donors (Lipinski definition) is 0. The highest BCUT2D eigenvalue weighted by molar-refractivity contribution is 9.11. The first-order valence-electron chi connectivity index (χ1n) is 7.69. The van der Waals surface area contributed by atoms with Crippen LogP contribution in [0.4, 0.5) is 0 Å². The van der Waals surface area contributed by atoms with Crippen LogP contribution >= 0.6 is 27.3 Å².